The van der Waals surface area contributed by atoms with Crippen molar-refractivity contribution in [1.29, 1.82) is 0 Å². The van der Waals surface area contributed by atoms with Gasteiger partial charge in [-0.15, -0.1) is 0 Å². The molecule has 6 heteroatoms. The molecule has 1 aliphatic heterocycles. The maximum absolute atomic E-state index is 12.7. The van der Waals surface area contributed by atoms with Crippen molar-refractivity contribution in [2.24, 2.45) is 0 Å². The molecule has 0 saturated carbocycles. The zero-order chi connectivity index (χ0) is 21.8. The van der Waals surface area contributed by atoms with Crippen LogP contribution in [0.2, 0.25) is 0 Å². The van der Waals surface area contributed by atoms with Crippen molar-refractivity contribution < 1.29 is 14.4 Å². The number of hydrogen-bond donors (Lipinski definition) is 2. The van der Waals surface area contributed by atoms with Crippen molar-refractivity contribution in [2.45, 2.75) is 19.8 Å². The van der Waals surface area contributed by atoms with E-state index < -0.39 is 0 Å². The van der Waals surface area contributed by atoms with Crippen LogP contribution in [0.1, 0.15) is 39.1 Å². The third-order valence-corrected chi connectivity index (χ3v) is 5.38. The molecule has 1 heterocycles. The van der Waals surface area contributed by atoms with Crippen molar-refractivity contribution in [3.8, 4) is 0 Å². The van der Waals surface area contributed by atoms with Gasteiger partial charge in [-0.25, -0.2) is 0 Å². The van der Waals surface area contributed by atoms with Crippen LogP contribution in [0, 0.1) is 6.92 Å². The number of carbonyl (C=O) groups is 3. The Bertz CT molecular complexity index is 1120. The van der Waals surface area contributed by atoms with E-state index in [9.17, 15) is 14.4 Å². The molecule has 1 fully saturated rings. The molecule has 3 amide bonds. The number of anilines is 3. The number of rotatable bonds is 5. The van der Waals surface area contributed by atoms with Gasteiger partial charge in [0.1, 0.15) is 0 Å². The lowest BCUT2D eigenvalue weighted by Gasteiger charge is -2.16. The number of amides is 3. The highest BCUT2D eigenvalue weighted by molar-refractivity contribution is 6.07. The minimum atomic E-state index is -0.256. The Morgan fingerprint density at radius 2 is 1.35 bits per heavy atom. The van der Waals surface area contributed by atoms with Gasteiger partial charge in [-0.1, -0.05) is 24.3 Å². The molecule has 0 aromatic heterocycles. The summed E-state index contributed by atoms with van der Waals surface area (Å²) in [4.78, 5) is 38.8. The van der Waals surface area contributed by atoms with Crippen molar-refractivity contribution in [3.05, 3.63) is 89.5 Å². The molecule has 0 radical (unpaired) electrons. The highest BCUT2D eigenvalue weighted by Crippen LogP contribution is 2.25. The molecule has 1 saturated heterocycles. The maximum atomic E-state index is 12.7. The Morgan fingerprint density at radius 1 is 0.774 bits per heavy atom. The molecule has 6 nitrogen and oxygen atoms in total. The van der Waals surface area contributed by atoms with Gasteiger partial charge in [-0.2, -0.15) is 0 Å². The number of carbonyl (C=O) groups excluding carboxylic acids is 3. The second kappa shape index (κ2) is 8.83. The topological polar surface area (TPSA) is 78.5 Å². The zero-order valence-corrected chi connectivity index (χ0v) is 17.2. The molecule has 0 unspecified atom stereocenters. The fourth-order valence-corrected chi connectivity index (χ4v) is 3.60. The lowest BCUT2D eigenvalue weighted by atomic mass is 10.1. The van der Waals surface area contributed by atoms with Gasteiger partial charge >= 0.3 is 0 Å². The van der Waals surface area contributed by atoms with Crippen LogP contribution in [0.15, 0.2) is 72.8 Å². The zero-order valence-electron chi connectivity index (χ0n) is 17.2. The highest BCUT2D eigenvalue weighted by Gasteiger charge is 2.21. The summed E-state index contributed by atoms with van der Waals surface area (Å²) in [6.07, 6.45) is 1.43. The van der Waals surface area contributed by atoms with Gasteiger partial charge in [0.05, 0.1) is 0 Å². The van der Waals surface area contributed by atoms with E-state index in [0.717, 1.165) is 17.7 Å². The van der Waals surface area contributed by atoms with E-state index in [1.807, 2.05) is 25.1 Å². The van der Waals surface area contributed by atoms with Crippen molar-refractivity contribution >= 4 is 34.8 Å². The van der Waals surface area contributed by atoms with Crippen LogP contribution >= 0.6 is 0 Å². The molecule has 1 aliphatic rings. The quantitative estimate of drug-likeness (QED) is 0.640. The molecular weight excluding hydrogens is 390 g/mol. The SMILES string of the molecule is Cc1c(NC(=O)c2ccccc2)cccc1NC(=O)c1ccc(N2CCCC2=O)cc1. The highest BCUT2D eigenvalue weighted by atomic mass is 16.2. The standard InChI is InChI=1S/C25H23N3O3/c1-17-21(26-24(30)18-7-3-2-4-8-18)9-5-10-22(17)27-25(31)19-12-14-20(15-13-19)28-16-6-11-23(28)29/h2-5,7-10,12-15H,6,11,16H2,1H3,(H,26,30)(H,27,31). The van der Waals surface area contributed by atoms with Gasteiger partial charge in [0.2, 0.25) is 5.91 Å². The Balaban J connectivity index is 1.46. The van der Waals surface area contributed by atoms with Gasteiger partial charge in [0, 0.05) is 41.2 Å². The van der Waals surface area contributed by atoms with Gasteiger partial charge in [-0.3, -0.25) is 14.4 Å². The maximum Gasteiger partial charge on any atom is 0.255 e. The predicted molar refractivity (Wildman–Crippen MR) is 122 cm³/mol. The van der Waals surface area contributed by atoms with Crippen molar-refractivity contribution in [1.82, 2.24) is 0 Å². The van der Waals surface area contributed by atoms with E-state index in [1.54, 1.807) is 59.5 Å². The van der Waals surface area contributed by atoms with E-state index in [1.165, 1.54) is 0 Å². The summed E-state index contributed by atoms with van der Waals surface area (Å²) in [6.45, 7) is 2.56. The summed E-state index contributed by atoms with van der Waals surface area (Å²) in [5.41, 5.74) is 3.88. The molecule has 0 spiro atoms. The second-order valence-corrected chi connectivity index (χ2v) is 7.45. The second-order valence-electron chi connectivity index (χ2n) is 7.45. The minimum Gasteiger partial charge on any atom is -0.322 e. The van der Waals surface area contributed by atoms with Gasteiger partial charge in [0.25, 0.3) is 11.8 Å². The van der Waals surface area contributed by atoms with Crippen LogP contribution < -0.4 is 15.5 Å². The van der Waals surface area contributed by atoms with Crippen LogP contribution in [-0.2, 0) is 4.79 Å². The molecule has 0 atom stereocenters. The molecule has 3 aromatic rings. The molecule has 31 heavy (non-hydrogen) atoms. The van der Waals surface area contributed by atoms with E-state index in [0.29, 0.717) is 35.5 Å². The molecule has 0 bridgehead atoms. The Kier molecular flexibility index (Phi) is 5.80. The monoisotopic (exact) mass is 413 g/mol. The lowest BCUT2D eigenvalue weighted by Crippen LogP contribution is -2.23. The summed E-state index contributed by atoms with van der Waals surface area (Å²) < 4.78 is 0. The van der Waals surface area contributed by atoms with Crippen LogP contribution in [0.3, 0.4) is 0 Å². The normalized spacial score (nSPS) is 13.2. The number of nitrogens with one attached hydrogen (secondary N) is 2. The van der Waals surface area contributed by atoms with Gasteiger partial charge in [-0.05, 0) is 67.4 Å². The Hall–Kier alpha value is -3.93. The van der Waals surface area contributed by atoms with E-state index in [4.69, 9.17) is 0 Å². The Labute approximate surface area is 180 Å². The van der Waals surface area contributed by atoms with Crippen LogP contribution in [0.4, 0.5) is 17.1 Å². The fraction of sp³-hybridized carbons (Fsp3) is 0.160. The third-order valence-electron chi connectivity index (χ3n) is 5.38. The number of hydrogen-bond acceptors (Lipinski definition) is 3. The first kappa shape index (κ1) is 20.3. The predicted octanol–water partition coefficient (Wildman–Crippen LogP) is 4.63. The van der Waals surface area contributed by atoms with Gasteiger partial charge < -0.3 is 15.5 Å². The molecule has 3 aromatic carbocycles. The van der Waals surface area contributed by atoms with Gasteiger partial charge in [0.15, 0.2) is 0 Å². The van der Waals surface area contributed by atoms with E-state index in [2.05, 4.69) is 10.6 Å². The summed E-state index contributed by atoms with van der Waals surface area (Å²) >= 11 is 0. The van der Waals surface area contributed by atoms with Crippen molar-refractivity contribution in [3.63, 3.8) is 0 Å². The largest absolute Gasteiger partial charge is 0.322 e. The molecular formula is C25H23N3O3. The molecule has 4 rings (SSSR count). The van der Waals surface area contributed by atoms with Crippen LogP contribution in [-0.4, -0.2) is 24.3 Å². The average Bonchev–Trinajstić information content (AvgIpc) is 3.23. The average molecular weight is 413 g/mol. The third kappa shape index (κ3) is 4.48. The van der Waals surface area contributed by atoms with E-state index in [-0.39, 0.29) is 17.7 Å². The summed E-state index contributed by atoms with van der Waals surface area (Å²) in [6, 6.07) is 21.4. The van der Waals surface area contributed by atoms with Crippen LogP contribution in [0.25, 0.3) is 0 Å². The van der Waals surface area contributed by atoms with E-state index >= 15 is 0 Å². The summed E-state index contributed by atoms with van der Waals surface area (Å²) in [5, 5.41) is 5.80. The smallest absolute Gasteiger partial charge is 0.255 e. The number of nitrogens with zero attached hydrogens (tertiary/aromatic N) is 1. The lowest BCUT2D eigenvalue weighted by molar-refractivity contribution is -0.117. The summed E-state index contributed by atoms with van der Waals surface area (Å²) in [7, 11) is 0. The first-order chi connectivity index (χ1) is 15.0. The molecule has 0 aliphatic carbocycles. The fourth-order valence-electron chi connectivity index (χ4n) is 3.60. The minimum absolute atomic E-state index is 0.113. The van der Waals surface area contributed by atoms with Crippen LogP contribution in [0.5, 0.6) is 0 Å². The first-order valence-corrected chi connectivity index (χ1v) is 10.2. The summed E-state index contributed by atoms with van der Waals surface area (Å²) in [5.74, 6) is -0.352. The first-order valence-electron chi connectivity index (χ1n) is 10.2. The Morgan fingerprint density at radius 3 is 1.90 bits per heavy atom. The number of benzene rings is 3. The molecule has 2 N–H and O–H groups in total. The molecule has 156 valence electrons. The van der Waals surface area contributed by atoms with Crippen molar-refractivity contribution in [2.75, 3.05) is 22.1 Å².